The molecule has 1 aliphatic carbocycles. The normalized spacial score (nSPS) is 16.5. The second-order valence-corrected chi connectivity index (χ2v) is 10.8. The first kappa shape index (κ1) is 23.2. The summed E-state index contributed by atoms with van der Waals surface area (Å²) in [5.74, 6) is 0.829. The van der Waals surface area contributed by atoms with Gasteiger partial charge >= 0.3 is 6.03 Å². The van der Waals surface area contributed by atoms with Crippen LogP contribution in [0.25, 0.3) is 5.00 Å². The molecular weight excluding hydrogens is 490 g/mol. The van der Waals surface area contributed by atoms with E-state index in [9.17, 15) is 4.79 Å². The summed E-state index contributed by atoms with van der Waals surface area (Å²) in [4.78, 5) is 17.4. The molecule has 1 unspecified atom stereocenters. The molecule has 1 N–H and O–H groups in total. The van der Waals surface area contributed by atoms with Gasteiger partial charge in [0.1, 0.15) is 10.8 Å². The fourth-order valence-corrected chi connectivity index (χ4v) is 6.91. The molecule has 184 valence electrons. The van der Waals surface area contributed by atoms with E-state index in [1.54, 1.807) is 12.1 Å². The molecular formula is C29H28ClN3O2S. The summed E-state index contributed by atoms with van der Waals surface area (Å²) in [7, 11) is 0. The Kier molecular flexibility index (Phi) is 6.23. The number of benzene rings is 2. The number of carbonyl (C=O) groups excluding carboxylic acids is 1. The van der Waals surface area contributed by atoms with Crippen molar-refractivity contribution in [2.45, 2.75) is 45.2 Å². The van der Waals surface area contributed by atoms with Crippen LogP contribution in [0.5, 0.6) is 5.75 Å². The minimum absolute atomic E-state index is 0.132. The fourth-order valence-electron chi connectivity index (χ4n) is 5.38. The molecule has 0 saturated heterocycles. The van der Waals surface area contributed by atoms with E-state index in [2.05, 4.69) is 40.3 Å². The number of amides is 2. The molecule has 3 heterocycles. The highest BCUT2D eigenvalue weighted by atomic mass is 35.5. The van der Waals surface area contributed by atoms with Crippen LogP contribution in [0, 0.1) is 0 Å². The van der Waals surface area contributed by atoms with Crippen molar-refractivity contribution in [3.05, 3.63) is 99.1 Å². The summed E-state index contributed by atoms with van der Waals surface area (Å²) in [6, 6.07) is 19.2. The third kappa shape index (κ3) is 4.18. The van der Waals surface area contributed by atoms with E-state index in [0.717, 1.165) is 35.5 Å². The number of halogens is 1. The Labute approximate surface area is 220 Å². The summed E-state index contributed by atoms with van der Waals surface area (Å²) in [6.45, 7) is 3.15. The van der Waals surface area contributed by atoms with E-state index in [0.29, 0.717) is 18.2 Å². The molecule has 6 rings (SSSR count). The van der Waals surface area contributed by atoms with Gasteiger partial charge in [-0.2, -0.15) is 0 Å². The number of aryl methyl sites for hydroxylation is 1. The zero-order valence-electron chi connectivity index (χ0n) is 20.2. The van der Waals surface area contributed by atoms with Crippen LogP contribution in [0.2, 0.25) is 5.02 Å². The molecule has 0 fully saturated rings. The number of nitrogens with zero attached hydrogens (tertiary/aromatic N) is 2. The third-order valence-electron chi connectivity index (χ3n) is 7.04. The van der Waals surface area contributed by atoms with Gasteiger partial charge in [-0.1, -0.05) is 23.7 Å². The van der Waals surface area contributed by atoms with Crippen molar-refractivity contribution in [2.75, 3.05) is 11.9 Å². The van der Waals surface area contributed by atoms with Crippen LogP contribution in [-0.2, 0) is 19.4 Å². The standard InChI is InChI=1S/C29H28ClN3O2S/c1-2-35-22-15-9-19(10-16-22)27-25-7-5-17-32(25)28-24(23-6-3-4-8-26(23)36-28)18-33(27)29(34)31-21-13-11-20(30)12-14-21/h5,7,9-17,27H,2-4,6,8,18H2,1H3,(H,31,34). The second kappa shape index (κ2) is 9.68. The average molecular weight is 518 g/mol. The largest absolute Gasteiger partial charge is 0.494 e. The van der Waals surface area contributed by atoms with Crippen molar-refractivity contribution < 1.29 is 9.53 Å². The molecule has 0 saturated carbocycles. The molecule has 0 spiro atoms. The summed E-state index contributed by atoms with van der Waals surface area (Å²) in [5.41, 5.74) is 5.59. The molecule has 2 amide bonds. The number of carbonyl (C=O) groups is 1. The van der Waals surface area contributed by atoms with Crippen molar-refractivity contribution in [1.82, 2.24) is 9.47 Å². The minimum Gasteiger partial charge on any atom is -0.494 e. The number of ether oxygens (including phenoxy) is 1. The number of hydrogen-bond acceptors (Lipinski definition) is 3. The van der Waals surface area contributed by atoms with Crippen LogP contribution < -0.4 is 10.1 Å². The molecule has 36 heavy (non-hydrogen) atoms. The Morgan fingerprint density at radius 3 is 2.61 bits per heavy atom. The lowest BCUT2D eigenvalue weighted by Gasteiger charge is -2.31. The Balaban J connectivity index is 1.46. The maximum atomic E-state index is 13.9. The lowest BCUT2D eigenvalue weighted by molar-refractivity contribution is 0.194. The highest BCUT2D eigenvalue weighted by Crippen LogP contribution is 2.44. The highest BCUT2D eigenvalue weighted by Gasteiger charge is 2.36. The molecule has 4 aromatic rings. The van der Waals surface area contributed by atoms with Crippen LogP contribution in [-0.4, -0.2) is 22.1 Å². The van der Waals surface area contributed by atoms with Crippen LogP contribution in [0.3, 0.4) is 0 Å². The van der Waals surface area contributed by atoms with Crippen LogP contribution >= 0.6 is 22.9 Å². The number of rotatable bonds is 4. The van der Waals surface area contributed by atoms with Gasteiger partial charge in [0, 0.05) is 27.3 Å². The van der Waals surface area contributed by atoms with Gasteiger partial charge in [0.05, 0.1) is 24.9 Å². The second-order valence-electron chi connectivity index (χ2n) is 9.27. The summed E-state index contributed by atoms with van der Waals surface area (Å²) in [5, 5.41) is 5.01. The lowest BCUT2D eigenvalue weighted by Crippen LogP contribution is -2.38. The van der Waals surface area contributed by atoms with Gasteiger partial charge in [-0.3, -0.25) is 0 Å². The molecule has 2 aromatic heterocycles. The number of hydrogen-bond donors (Lipinski definition) is 1. The minimum atomic E-state index is -0.248. The van der Waals surface area contributed by atoms with E-state index >= 15 is 0 Å². The topological polar surface area (TPSA) is 46.5 Å². The molecule has 2 aliphatic rings. The van der Waals surface area contributed by atoms with Crippen LogP contribution in [0.1, 0.15) is 53.1 Å². The zero-order valence-corrected chi connectivity index (χ0v) is 21.7. The number of thiophene rings is 1. The van der Waals surface area contributed by atoms with E-state index in [1.807, 2.05) is 47.4 Å². The summed E-state index contributed by atoms with van der Waals surface area (Å²) in [6.07, 6.45) is 6.79. The first-order valence-electron chi connectivity index (χ1n) is 12.5. The Morgan fingerprint density at radius 1 is 1.06 bits per heavy atom. The Hall–Kier alpha value is -3.22. The highest BCUT2D eigenvalue weighted by molar-refractivity contribution is 7.15. The quantitative estimate of drug-likeness (QED) is 0.303. The van der Waals surface area contributed by atoms with Crippen molar-refractivity contribution in [2.24, 2.45) is 0 Å². The third-order valence-corrected chi connectivity index (χ3v) is 8.63. The van der Waals surface area contributed by atoms with Gasteiger partial charge in [0.15, 0.2) is 0 Å². The van der Waals surface area contributed by atoms with Crippen molar-refractivity contribution in [1.29, 1.82) is 0 Å². The fraction of sp³-hybridized carbons (Fsp3) is 0.276. The number of anilines is 1. The van der Waals surface area contributed by atoms with Gasteiger partial charge in [-0.25, -0.2) is 4.79 Å². The van der Waals surface area contributed by atoms with Crippen LogP contribution in [0.4, 0.5) is 10.5 Å². The van der Waals surface area contributed by atoms with Crippen molar-refractivity contribution >= 4 is 34.7 Å². The molecule has 1 aliphatic heterocycles. The molecule has 5 nitrogen and oxygen atoms in total. The Bertz CT molecular complexity index is 1390. The number of urea groups is 1. The molecule has 0 bridgehead atoms. The maximum absolute atomic E-state index is 13.9. The van der Waals surface area contributed by atoms with E-state index in [1.165, 1.54) is 33.8 Å². The number of nitrogens with one attached hydrogen (secondary N) is 1. The van der Waals surface area contributed by atoms with E-state index in [-0.39, 0.29) is 12.1 Å². The van der Waals surface area contributed by atoms with Gasteiger partial charge in [-0.05, 0) is 92.3 Å². The Morgan fingerprint density at radius 2 is 1.83 bits per heavy atom. The van der Waals surface area contributed by atoms with Crippen molar-refractivity contribution in [3.8, 4) is 10.8 Å². The predicted molar refractivity (Wildman–Crippen MR) is 146 cm³/mol. The van der Waals surface area contributed by atoms with E-state index in [4.69, 9.17) is 16.3 Å². The monoisotopic (exact) mass is 517 g/mol. The predicted octanol–water partition coefficient (Wildman–Crippen LogP) is 7.61. The van der Waals surface area contributed by atoms with Gasteiger partial charge < -0.3 is 19.5 Å². The van der Waals surface area contributed by atoms with Gasteiger partial charge in [0.2, 0.25) is 0 Å². The zero-order chi connectivity index (χ0) is 24.6. The van der Waals surface area contributed by atoms with Gasteiger partial charge in [0.25, 0.3) is 0 Å². The van der Waals surface area contributed by atoms with Gasteiger partial charge in [-0.15, -0.1) is 11.3 Å². The molecule has 1 atom stereocenters. The molecule has 0 radical (unpaired) electrons. The summed E-state index contributed by atoms with van der Waals surface area (Å²) >= 11 is 7.97. The SMILES string of the molecule is CCOc1ccc(C2c3cccn3-c3sc4c(c3CN2C(=O)Nc2ccc(Cl)cc2)CCCC4)cc1. The molecule has 2 aromatic carbocycles. The van der Waals surface area contributed by atoms with Crippen molar-refractivity contribution in [3.63, 3.8) is 0 Å². The number of aromatic nitrogens is 1. The maximum Gasteiger partial charge on any atom is 0.322 e. The number of fused-ring (bicyclic) bond motifs is 5. The first-order valence-corrected chi connectivity index (χ1v) is 13.7. The summed E-state index contributed by atoms with van der Waals surface area (Å²) < 4.78 is 7.98. The smallest absolute Gasteiger partial charge is 0.322 e. The van der Waals surface area contributed by atoms with E-state index < -0.39 is 0 Å². The lowest BCUT2D eigenvalue weighted by atomic mass is 9.95. The average Bonchev–Trinajstić information content (AvgIpc) is 3.48. The molecule has 7 heteroatoms. The first-order chi connectivity index (χ1) is 17.6. The van der Waals surface area contributed by atoms with Crippen LogP contribution in [0.15, 0.2) is 66.9 Å².